The first-order valence-electron chi connectivity index (χ1n) is 8.23. The molecule has 0 N–H and O–H groups in total. The van der Waals surface area contributed by atoms with Crippen molar-refractivity contribution < 1.29 is 4.79 Å². The van der Waals surface area contributed by atoms with Crippen molar-refractivity contribution in [1.29, 1.82) is 0 Å². The predicted octanol–water partition coefficient (Wildman–Crippen LogP) is 5.17. The molecule has 0 aromatic heterocycles. The van der Waals surface area contributed by atoms with E-state index < -0.39 is 0 Å². The van der Waals surface area contributed by atoms with Crippen molar-refractivity contribution in [3.63, 3.8) is 0 Å². The van der Waals surface area contributed by atoms with E-state index in [0.717, 1.165) is 11.1 Å². The monoisotopic (exact) mass is 358 g/mol. The van der Waals surface area contributed by atoms with Crippen molar-refractivity contribution in [1.82, 2.24) is 0 Å². The van der Waals surface area contributed by atoms with E-state index in [4.69, 9.17) is 11.6 Å². The molecule has 26 heavy (non-hydrogen) atoms. The molecule has 3 aromatic carbocycles. The Balaban J connectivity index is 1.84. The average molecular weight is 359 g/mol. The fourth-order valence-corrected chi connectivity index (χ4v) is 3.04. The standard InChI is InChI=1S/C22H15ClN2O/c23-18-12-7-13-19(15-18)25-21(17-10-5-2-6-11-17)24-20(22(25)26)14-16-8-3-1-4-9-16/h1-15H/b20-14+. The molecule has 126 valence electrons. The zero-order valence-corrected chi connectivity index (χ0v) is 14.6. The fraction of sp³-hybridized carbons (Fsp3) is 0. The Hall–Kier alpha value is -3.17. The van der Waals surface area contributed by atoms with Gasteiger partial charge in [-0.25, -0.2) is 4.99 Å². The number of aliphatic imine (C=N–C) groups is 1. The minimum absolute atomic E-state index is 0.171. The van der Waals surface area contributed by atoms with Crippen LogP contribution in [0.2, 0.25) is 5.02 Å². The van der Waals surface area contributed by atoms with E-state index in [1.54, 1.807) is 23.1 Å². The largest absolute Gasteiger partial charge is 0.282 e. The summed E-state index contributed by atoms with van der Waals surface area (Å²) in [6.45, 7) is 0. The van der Waals surface area contributed by atoms with Crippen LogP contribution in [0.15, 0.2) is 95.6 Å². The number of amidine groups is 1. The van der Waals surface area contributed by atoms with Crippen LogP contribution in [0.4, 0.5) is 5.69 Å². The zero-order chi connectivity index (χ0) is 17.9. The van der Waals surface area contributed by atoms with Gasteiger partial charge in [-0.1, -0.05) is 78.3 Å². The van der Waals surface area contributed by atoms with Gasteiger partial charge < -0.3 is 0 Å². The SMILES string of the molecule is O=C1/C(=C\c2ccccc2)N=C(c2ccccc2)N1c1cccc(Cl)c1. The summed E-state index contributed by atoms with van der Waals surface area (Å²) < 4.78 is 0. The van der Waals surface area contributed by atoms with Crippen LogP contribution in [0.25, 0.3) is 6.08 Å². The highest BCUT2D eigenvalue weighted by Crippen LogP contribution is 2.29. The molecule has 4 heteroatoms. The van der Waals surface area contributed by atoms with Crippen LogP contribution in [-0.2, 0) is 4.79 Å². The van der Waals surface area contributed by atoms with E-state index in [9.17, 15) is 4.79 Å². The summed E-state index contributed by atoms with van der Waals surface area (Å²) in [6, 6.07) is 26.6. The second kappa shape index (κ2) is 6.98. The van der Waals surface area contributed by atoms with Crippen LogP contribution >= 0.6 is 11.6 Å². The molecule has 0 saturated carbocycles. The number of rotatable bonds is 3. The van der Waals surface area contributed by atoms with Crippen molar-refractivity contribution in [2.75, 3.05) is 4.90 Å². The Morgan fingerprint density at radius 2 is 1.54 bits per heavy atom. The Labute approximate surface area is 156 Å². The van der Waals surface area contributed by atoms with Gasteiger partial charge in [0, 0.05) is 10.6 Å². The van der Waals surface area contributed by atoms with Crippen molar-refractivity contribution >= 4 is 35.1 Å². The number of anilines is 1. The van der Waals surface area contributed by atoms with Crippen molar-refractivity contribution in [2.45, 2.75) is 0 Å². The Morgan fingerprint density at radius 1 is 0.846 bits per heavy atom. The van der Waals surface area contributed by atoms with Gasteiger partial charge >= 0.3 is 0 Å². The predicted molar refractivity (Wildman–Crippen MR) is 106 cm³/mol. The Kier molecular flexibility index (Phi) is 4.38. The van der Waals surface area contributed by atoms with Gasteiger partial charge in [0.15, 0.2) is 0 Å². The molecule has 3 aromatic rings. The first-order valence-corrected chi connectivity index (χ1v) is 8.61. The quantitative estimate of drug-likeness (QED) is 0.594. The smallest absolute Gasteiger partial charge is 0.266 e. The maximum atomic E-state index is 13.1. The number of benzene rings is 3. The fourth-order valence-electron chi connectivity index (χ4n) is 2.86. The summed E-state index contributed by atoms with van der Waals surface area (Å²) >= 11 is 6.14. The van der Waals surface area contributed by atoms with Gasteiger partial charge in [0.1, 0.15) is 11.5 Å². The van der Waals surface area contributed by atoms with Gasteiger partial charge in [0.25, 0.3) is 5.91 Å². The number of hydrogen-bond donors (Lipinski definition) is 0. The highest BCUT2D eigenvalue weighted by Gasteiger charge is 2.32. The van der Waals surface area contributed by atoms with E-state index in [1.807, 2.05) is 72.8 Å². The molecule has 1 aliphatic heterocycles. The minimum Gasteiger partial charge on any atom is -0.266 e. The normalized spacial score (nSPS) is 15.4. The van der Waals surface area contributed by atoms with Gasteiger partial charge in [-0.05, 0) is 29.8 Å². The van der Waals surface area contributed by atoms with Crippen LogP contribution in [0.1, 0.15) is 11.1 Å². The van der Waals surface area contributed by atoms with Crippen LogP contribution in [0.5, 0.6) is 0 Å². The third-order valence-corrected chi connectivity index (χ3v) is 4.30. The lowest BCUT2D eigenvalue weighted by Crippen LogP contribution is -2.32. The maximum absolute atomic E-state index is 13.1. The van der Waals surface area contributed by atoms with Gasteiger partial charge in [0.05, 0.1) is 5.69 Å². The molecule has 1 aliphatic rings. The second-order valence-corrected chi connectivity index (χ2v) is 6.30. The molecule has 0 bridgehead atoms. The molecule has 0 radical (unpaired) electrons. The molecular weight excluding hydrogens is 344 g/mol. The van der Waals surface area contributed by atoms with E-state index in [2.05, 4.69) is 4.99 Å². The average Bonchev–Trinajstić information content (AvgIpc) is 3.00. The van der Waals surface area contributed by atoms with Crippen LogP contribution in [0.3, 0.4) is 0 Å². The first-order chi connectivity index (χ1) is 12.7. The molecule has 0 saturated heterocycles. The van der Waals surface area contributed by atoms with Crippen molar-refractivity contribution in [2.24, 2.45) is 4.99 Å². The maximum Gasteiger partial charge on any atom is 0.282 e. The topological polar surface area (TPSA) is 32.7 Å². The lowest BCUT2D eigenvalue weighted by molar-refractivity contribution is -0.113. The van der Waals surface area contributed by atoms with Crippen LogP contribution in [-0.4, -0.2) is 11.7 Å². The lowest BCUT2D eigenvalue weighted by atomic mass is 10.1. The summed E-state index contributed by atoms with van der Waals surface area (Å²) in [5, 5.41) is 0.572. The molecule has 0 aliphatic carbocycles. The molecule has 3 nitrogen and oxygen atoms in total. The lowest BCUT2D eigenvalue weighted by Gasteiger charge is -2.18. The molecule has 0 unspecified atom stereocenters. The molecule has 0 atom stereocenters. The molecule has 0 fully saturated rings. The summed E-state index contributed by atoms with van der Waals surface area (Å²) in [5.74, 6) is 0.426. The summed E-state index contributed by atoms with van der Waals surface area (Å²) in [7, 11) is 0. The van der Waals surface area contributed by atoms with E-state index in [1.165, 1.54) is 0 Å². The summed E-state index contributed by atoms with van der Waals surface area (Å²) in [6.07, 6.45) is 1.80. The number of hydrogen-bond acceptors (Lipinski definition) is 2. The Morgan fingerprint density at radius 3 is 2.23 bits per heavy atom. The van der Waals surface area contributed by atoms with Gasteiger partial charge in [-0.3, -0.25) is 9.69 Å². The molecular formula is C22H15ClN2O. The van der Waals surface area contributed by atoms with Crippen LogP contribution in [0, 0.1) is 0 Å². The molecule has 4 rings (SSSR count). The van der Waals surface area contributed by atoms with Gasteiger partial charge in [-0.2, -0.15) is 0 Å². The number of halogens is 1. The van der Waals surface area contributed by atoms with Crippen molar-refractivity contribution in [3.05, 3.63) is 107 Å². The van der Waals surface area contributed by atoms with E-state index in [-0.39, 0.29) is 5.91 Å². The van der Waals surface area contributed by atoms with Crippen LogP contribution < -0.4 is 4.90 Å². The number of carbonyl (C=O) groups is 1. The van der Waals surface area contributed by atoms with Gasteiger partial charge in [0.2, 0.25) is 0 Å². The third kappa shape index (κ3) is 3.17. The number of nitrogens with zero attached hydrogens (tertiary/aromatic N) is 2. The first kappa shape index (κ1) is 16.3. The highest BCUT2D eigenvalue weighted by atomic mass is 35.5. The summed E-state index contributed by atoms with van der Waals surface area (Å²) in [5.41, 5.74) is 2.90. The third-order valence-electron chi connectivity index (χ3n) is 4.06. The summed E-state index contributed by atoms with van der Waals surface area (Å²) in [4.78, 5) is 19.3. The second-order valence-electron chi connectivity index (χ2n) is 5.86. The van der Waals surface area contributed by atoms with E-state index >= 15 is 0 Å². The molecule has 1 amide bonds. The number of amides is 1. The zero-order valence-electron chi connectivity index (χ0n) is 13.8. The van der Waals surface area contributed by atoms with Crippen molar-refractivity contribution in [3.8, 4) is 0 Å². The molecule has 1 heterocycles. The Bertz CT molecular complexity index is 1010. The highest BCUT2D eigenvalue weighted by molar-refractivity contribution is 6.34. The molecule has 0 spiro atoms. The van der Waals surface area contributed by atoms with Gasteiger partial charge in [-0.15, -0.1) is 0 Å². The number of carbonyl (C=O) groups excluding carboxylic acids is 1. The minimum atomic E-state index is -0.171. The van der Waals surface area contributed by atoms with E-state index in [0.29, 0.717) is 22.2 Å².